The zero-order valence-electron chi connectivity index (χ0n) is 14.7. The van der Waals surface area contributed by atoms with Crippen molar-refractivity contribution in [2.24, 2.45) is 0 Å². The minimum atomic E-state index is 0.0744. The van der Waals surface area contributed by atoms with Crippen LogP contribution in [-0.2, 0) is 4.79 Å². The standard InChI is InChI=1S/C22H23NOS/c1-3-21(18-10-8-16(2)9-11-18)23-22(24)15-25-20-13-12-17-6-4-5-7-19(17)14-20/h4-14,21H,3,15H2,1-2H3,(H,23,24)/t21-/m0/s1. The van der Waals surface area contributed by atoms with Crippen molar-refractivity contribution >= 4 is 28.4 Å². The molecule has 0 heterocycles. The Morgan fingerprint density at radius 3 is 2.44 bits per heavy atom. The van der Waals surface area contributed by atoms with Gasteiger partial charge in [-0.3, -0.25) is 4.79 Å². The summed E-state index contributed by atoms with van der Waals surface area (Å²) in [6.45, 7) is 4.17. The first-order valence-electron chi connectivity index (χ1n) is 8.63. The van der Waals surface area contributed by atoms with Crippen molar-refractivity contribution in [2.45, 2.75) is 31.2 Å². The van der Waals surface area contributed by atoms with E-state index in [0.717, 1.165) is 16.9 Å². The van der Waals surface area contributed by atoms with Crippen molar-refractivity contribution in [3.8, 4) is 0 Å². The molecule has 1 amide bonds. The lowest BCUT2D eigenvalue weighted by Gasteiger charge is -2.17. The van der Waals surface area contributed by atoms with Gasteiger partial charge in [-0.15, -0.1) is 11.8 Å². The van der Waals surface area contributed by atoms with Gasteiger partial charge in [0, 0.05) is 4.90 Å². The maximum Gasteiger partial charge on any atom is 0.230 e. The van der Waals surface area contributed by atoms with E-state index in [1.54, 1.807) is 11.8 Å². The first-order chi connectivity index (χ1) is 12.2. The second-order valence-electron chi connectivity index (χ2n) is 6.24. The minimum absolute atomic E-state index is 0.0744. The van der Waals surface area contributed by atoms with Gasteiger partial charge in [-0.25, -0.2) is 0 Å². The third-order valence-corrected chi connectivity index (χ3v) is 5.31. The predicted molar refractivity (Wildman–Crippen MR) is 107 cm³/mol. The molecule has 128 valence electrons. The van der Waals surface area contributed by atoms with E-state index in [4.69, 9.17) is 0 Å². The SMILES string of the molecule is CC[C@H](NC(=O)CSc1ccc2ccccc2c1)c1ccc(C)cc1. The fraction of sp³-hybridized carbons (Fsp3) is 0.227. The van der Waals surface area contributed by atoms with Crippen LogP contribution in [0, 0.1) is 6.92 Å². The average molecular weight is 349 g/mol. The van der Waals surface area contributed by atoms with Crippen molar-refractivity contribution in [1.29, 1.82) is 0 Å². The molecule has 3 aromatic carbocycles. The van der Waals surface area contributed by atoms with Gasteiger partial charge >= 0.3 is 0 Å². The molecule has 3 aromatic rings. The van der Waals surface area contributed by atoms with Gasteiger partial charge in [0.2, 0.25) is 5.91 Å². The Kier molecular flexibility index (Phi) is 5.77. The fourth-order valence-electron chi connectivity index (χ4n) is 2.86. The number of fused-ring (bicyclic) bond motifs is 1. The van der Waals surface area contributed by atoms with Crippen LogP contribution in [0.4, 0.5) is 0 Å². The highest BCUT2D eigenvalue weighted by Gasteiger charge is 2.12. The summed E-state index contributed by atoms with van der Waals surface area (Å²) in [7, 11) is 0. The molecule has 0 spiro atoms. The third kappa shape index (κ3) is 4.64. The van der Waals surface area contributed by atoms with Gasteiger partial charge in [-0.1, -0.05) is 67.1 Å². The van der Waals surface area contributed by atoms with Crippen LogP contribution >= 0.6 is 11.8 Å². The highest BCUT2D eigenvalue weighted by molar-refractivity contribution is 8.00. The maximum atomic E-state index is 12.4. The van der Waals surface area contributed by atoms with E-state index < -0.39 is 0 Å². The summed E-state index contributed by atoms with van der Waals surface area (Å²) in [5.41, 5.74) is 2.40. The van der Waals surface area contributed by atoms with E-state index >= 15 is 0 Å². The van der Waals surface area contributed by atoms with Crippen molar-refractivity contribution < 1.29 is 4.79 Å². The van der Waals surface area contributed by atoms with Gasteiger partial charge in [-0.2, -0.15) is 0 Å². The summed E-state index contributed by atoms with van der Waals surface area (Å²) in [6.07, 6.45) is 0.884. The van der Waals surface area contributed by atoms with Crippen LogP contribution in [0.1, 0.15) is 30.5 Å². The molecule has 0 unspecified atom stereocenters. The van der Waals surface area contributed by atoms with Crippen LogP contribution < -0.4 is 5.32 Å². The third-order valence-electron chi connectivity index (χ3n) is 4.31. The number of carbonyl (C=O) groups excluding carboxylic acids is 1. The van der Waals surface area contributed by atoms with E-state index in [2.05, 4.69) is 73.8 Å². The van der Waals surface area contributed by atoms with Crippen LogP contribution in [0.2, 0.25) is 0 Å². The Balaban J connectivity index is 1.60. The molecule has 0 fully saturated rings. The second-order valence-corrected chi connectivity index (χ2v) is 7.29. The van der Waals surface area contributed by atoms with Crippen molar-refractivity contribution in [2.75, 3.05) is 5.75 Å². The lowest BCUT2D eigenvalue weighted by Crippen LogP contribution is -2.29. The van der Waals surface area contributed by atoms with Crippen LogP contribution in [0.3, 0.4) is 0 Å². The lowest BCUT2D eigenvalue weighted by atomic mass is 10.0. The van der Waals surface area contributed by atoms with Crippen LogP contribution in [0.25, 0.3) is 10.8 Å². The molecular weight excluding hydrogens is 326 g/mol. The summed E-state index contributed by atoms with van der Waals surface area (Å²) in [5, 5.41) is 5.58. The average Bonchev–Trinajstić information content (AvgIpc) is 2.65. The number of aryl methyl sites for hydroxylation is 1. The molecule has 3 heteroatoms. The van der Waals surface area contributed by atoms with E-state index in [1.807, 2.05) is 12.1 Å². The molecule has 25 heavy (non-hydrogen) atoms. The number of amides is 1. The van der Waals surface area contributed by atoms with E-state index in [-0.39, 0.29) is 11.9 Å². The zero-order chi connectivity index (χ0) is 17.6. The number of thioether (sulfide) groups is 1. The molecule has 1 N–H and O–H groups in total. The van der Waals surface area contributed by atoms with Gasteiger partial charge in [0.05, 0.1) is 11.8 Å². The number of hydrogen-bond acceptors (Lipinski definition) is 2. The summed E-state index contributed by atoms with van der Waals surface area (Å²) in [5.74, 6) is 0.506. The molecule has 0 aliphatic carbocycles. The first-order valence-corrected chi connectivity index (χ1v) is 9.62. The highest BCUT2D eigenvalue weighted by atomic mass is 32.2. The second kappa shape index (κ2) is 8.21. The molecule has 0 radical (unpaired) electrons. The van der Waals surface area contributed by atoms with Gasteiger partial charge in [0.25, 0.3) is 0 Å². The van der Waals surface area contributed by atoms with E-state index in [0.29, 0.717) is 5.75 Å². The first kappa shape index (κ1) is 17.6. The Morgan fingerprint density at radius 2 is 1.72 bits per heavy atom. The zero-order valence-corrected chi connectivity index (χ0v) is 15.5. The van der Waals surface area contributed by atoms with Gasteiger partial charge in [-0.05, 0) is 41.8 Å². The van der Waals surface area contributed by atoms with Crippen molar-refractivity contribution in [1.82, 2.24) is 5.32 Å². The molecule has 0 saturated heterocycles. The normalized spacial score (nSPS) is 12.1. The lowest BCUT2D eigenvalue weighted by molar-refractivity contribution is -0.119. The number of nitrogens with one attached hydrogen (secondary N) is 1. The molecule has 3 rings (SSSR count). The Morgan fingerprint density at radius 1 is 1.00 bits per heavy atom. The van der Waals surface area contributed by atoms with E-state index in [1.165, 1.54) is 16.3 Å². The van der Waals surface area contributed by atoms with Crippen molar-refractivity contribution in [3.63, 3.8) is 0 Å². The Hall–Kier alpha value is -2.26. The number of benzene rings is 3. The summed E-state index contributed by atoms with van der Waals surface area (Å²) in [4.78, 5) is 13.5. The summed E-state index contributed by atoms with van der Waals surface area (Å²) < 4.78 is 0. The van der Waals surface area contributed by atoms with Gasteiger partial charge < -0.3 is 5.32 Å². The van der Waals surface area contributed by atoms with Crippen LogP contribution in [0.5, 0.6) is 0 Å². The van der Waals surface area contributed by atoms with E-state index in [9.17, 15) is 4.79 Å². The largest absolute Gasteiger partial charge is 0.349 e. The highest BCUT2D eigenvalue weighted by Crippen LogP contribution is 2.24. The van der Waals surface area contributed by atoms with Crippen LogP contribution in [0.15, 0.2) is 71.6 Å². The quantitative estimate of drug-likeness (QED) is 0.595. The molecule has 0 saturated carbocycles. The topological polar surface area (TPSA) is 29.1 Å². The predicted octanol–water partition coefficient (Wildman–Crippen LogP) is 5.51. The maximum absolute atomic E-state index is 12.4. The molecule has 0 aliphatic rings. The minimum Gasteiger partial charge on any atom is -0.349 e. The summed E-state index contributed by atoms with van der Waals surface area (Å²) in [6, 6.07) is 23.1. The number of carbonyl (C=O) groups is 1. The smallest absolute Gasteiger partial charge is 0.230 e. The number of hydrogen-bond donors (Lipinski definition) is 1. The molecule has 2 nitrogen and oxygen atoms in total. The Bertz CT molecular complexity index is 857. The molecule has 0 bridgehead atoms. The molecule has 0 aliphatic heterocycles. The fourth-order valence-corrected chi connectivity index (χ4v) is 3.62. The monoisotopic (exact) mass is 349 g/mol. The van der Waals surface area contributed by atoms with Crippen molar-refractivity contribution in [3.05, 3.63) is 77.9 Å². The van der Waals surface area contributed by atoms with Gasteiger partial charge in [0.1, 0.15) is 0 Å². The summed E-state index contributed by atoms with van der Waals surface area (Å²) >= 11 is 1.58. The molecule has 1 atom stereocenters. The molecule has 0 aromatic heterocycles. The van der Waals surface area contributed by atoms with Gasteiger partial charge in [0.15, 0.2) is 0 Å². The number of rotatable bonds is 6. The van der Waals surface area contributed by atoms with Crippen LogP contribution in [-0.4, -0.2) is 11.7 Å². The molecular formula is C22H23NOS. The Labute approximate surface area is 153 Å².